The first-order valence-corrected chi connectivity index (χ1v) is 9.35. The van der Waals surface area contributed by atoms with Gasteiger partial charge < -0.3 is 10.6 Å². The van der Waals surface area contributed by atoms with Gasteiger partial charge in [0.1, 0.15) is 11.9 Å². The van der Waals surface area contributed by atoms with E-state index in [1.54, 1.807) is 17.0 Å². The summed E-state index contributed by atoms with van der Waals surface area (Å²) in [5.74, 6) is -0.929. The van der Waals surface area contributed by atoms with Crippen molar-refractivity contribution in [1.82, 2.24) is 4.90 Å². The number of amides is 2. The quantitative estimate of drug-likeness (QED) is 0.750. The molecule has 0 spiro atoms. The van der Waals surface area contributed by atoms with Crippen LogP contribution in [0.3, 0.4) is 0 Å². The van der Waals surface area contributed by atoms with E-state index in [2.05, 4.69) is 0 Å². The summed E-state index contributed by atoms with van der Waals surface area (Å²) in [6, 6.07) is 15.5. The zero-order valence-electron chi connectivity index (χ0n) is 15.6. The van der Waals surface area contributed by atoms with E-state index in [1.807, 2.05) is 37.3 Å². The van der Waals surface area contributed by atoms with E-state index in [0.29, 0.717) is 18.5 Å². The van der Waals surface area contributed by atoms with Gasteiger partial charge in [0.15, 0.2) is 0 Å². The molecule has 2 amide bonds. The lowest BCUT2D eigenvalue weighted by molar-refractivity contribution is -0.121. The van der Waals surface area contributed by atoms with Crippen LogP contribution in [0.2, 0.25) is 0 Å². The normalized spacial score (nSPS) is 16.5. The maximum absolute atomic E-state index is 13.8. The fourth-order valence-electron chi connectivity index (χ4n) is 4.01. The highest BCUT2D eigenvalue weighted by molar-refractivity contribution is 6.04. The van der Waals surface area contributed by atoms with Gasteiger partial charge >= 0.3 is 0 Å². The van der Waals surface area contributed by atoms with Crippen molar-refractivity contribution in [2.75, 3.05) is 6.54 Å². The zero-order chi connectivity index (χ0) is 19.8. The van der Waals surface area contributed by atoms with E-state index in [1.165, 1.54) is 12.1 Å². The van der Waals surface area contributed by atoms with Crippen LogP contribution >= 0.6 is 0 Å². The summed E-state index contributed by atoms with van der Waals surface area (Å²) in [4.78, 5) is 26.1. The number of hydrogen-bond acceptors (Lipinski definition) is 2. The van der Waals surface area contributed by atoms with Gasteiger partial charge in [-0.1, -0.05) is 30.3 Å². The molecule has 0 aromatic heterocycles. The number of aryl methyl sites for hydroxylation is 1. The van der Waals surface area contributed by atoms with Crippen LogP contribution in [0, 0.1) is 12.7 Å². The summed E-state index contributed by atoms with van der Waals surface area (Å²) in [6.07, 6.45) is 1.38. The Balaban J connectivity index is 1.76. The maximum Gasteiger partial charge on any atom is 0.254 e. The first-order chi connectivity index (χ1) is 13.5. The van der Waals surface area contributed by atoms with Gasteiger partial charge in [-0.25, -0.2) is 4.39 Å². The number of nitrogens with two attached hydrogens (primary N) is 1. The first kappa shape index (κ1) is 18.2. The predicted molar refractivity (Wildman–Crippen MR) is 107 cm³/mol. The molecule has 0 aliphatic carbocycles. The molecule has 5 heteroatoms. The van der Waals surface area contributed by atoms with E-state index in [-0.39, 0.29) is 11.7 Å². The van der Waals surface area contributed by atoms with Crippen LogP contribution in [0.4, 0.5) is 4.39 Å². The number of carbonyl (C=O) groups excluding carboxylic acids is 2. The lowest BCUT2D eigenvalue weighted by atomic mass is 9.94. The molecule has 1 heterocycles. The highest BCUT2D eigenvalue weighted by Crippen LogP contribution is 2.32. The van der Waals surface area contributed by atoms with Gasteiger partial charge in [0.05, 0.1) is 0 Å². The van der Waals surface area contributed by atoms with Gasteiger partial charge in [0.25, 0.3) is 5.91 Å². The number of rotatable bonds is 3. The Morgan fingerprint density at radius 2 is 1.89 bits per heavy atom. The smallest absolute Gasteiger partial charge is 0.254 e. The van der Waals surface area contributed by atoms with Crippen molar-refractivity contribution in [3.8, 4) is 11.1 Å². The van der Waals surface area contributed by atoms with Crippen LogP contribution in [0.15, 0.2) is 54.6 Å². The second kappa shape index (κ2) is 7.08. The van der Waals surface area contributed by atoms with Crippen molar-refractivity contribution in [1.29, 1.82) is 0 Å². The van der Waals surface area contributed by atoms with Crippen molar-refractivity contribution in [2.45, 2.75) is 25.8 Å². The highest BCUT2D eigenvalue weighted by Gasteiger charge is 2.33. The molecule has 28 heavy (non-hydrogen) atoms. The lowest BCUT2D eigenvalue weighted by Crippen LogP contribution is -2.43. The van der Waals surface area contributed by atoms with Crippen molar-refractivity contribution in [3.63, 3.8) is 0 Å². The molecule has 0 bridgehead atoms. The van der Waals surface area contributed by atoms with Crippen molar-refractivity contribution < 1.29 is 14.0 Å². The van der Waals surface area contributed by atoms with Crippen LogP contribution in [-0.2, 0) is 4.79 Å². The molecule has 1 aliphatic rings. The SMILES string of the molecule is Cc1ccc(F)cc1-c1cccc2cc(C(=O)N3CCC[C@@H]3C(N)=O)ccc12. The van der Waals surface area contributed by atoms with Crippen LogP contribution in [-0.4, -0.2) is 29.3 Å². The highest BCUT2D eigenvalue weighted by atomic mass is 19.1. The molecule has 3 aromatic carbocycles. The van der Waals surface area contributed by atoms with E-state index in [4.69, 9.17) is 5.73 Å². The zero-order valence-corrected chi connectivity index (χ0v) is 15.6. The molecule has 1 saturated heterocycles. The van der Waals surface area contributed by atoms with Gasteiger partial charge in [0, 0.05) is 12.1 Å². The summed E-state index contributed by atoms with van der Waals surface area (Å²) in [5.41, 5.74) is 8.70. The van der Waals surface area contributed by atoms with Crippen molar-refractivity contribution in [2.24, 2.45) is 5.73 Å². The number of halogens is 1. The minimum atomic E-state index is -0.538. The molecule has 1 aliphatic heterocycles. The van der Waals surface area contributed by atoms with E-state index < -0.39 is 11.9 Å². The number of hydrogen-bond donors (Lipinski definition) is 1. The third kappa shape index (κ3) is 3.13. The number of benzene rings is 3. The summed E-state index contributed by atoms with van der Waals surface area (Å²) >= 11 is 0. The average Bonchev–Trinajstić information content (AvgIpc) is 3.18. The van der Waals surface area contributed by atoms with Crippen molar-refractivity contribution in [3.05, 3.63) is 71.5 Å². The Kier molecular flexibility index (Phi) is 4.59. The van der Waals surface area contributed by atoms with E-state index >= 15 is 0 Å². The van der Waals surface area contributed by atoms with Crippen LogP contribution in [0.5, 0.6) is 0 Å². The van der Waals surface area contributed by atoms with E-state index in [9.17, 15) is 14.0 Å². The maximum atomic E-state index is 13.8. The summed E-state index contributed by atoms with van der Waals surface area (Å²) in [6.45, 7) is 2.48. The number of fused-ring (bicyclic) bond motifs is 1. The van der Waals surface area contributed by atoms with Crippen LogP contribution in [0.1, 0.15) is 28.8 Å². The molecule has 0 unspecified atom stereocenters. The molecular weight excluding hydrogens is 355 g/mol. The average molecular weight is 376 g/mol. The summed E-state index contributed by atoms with van der Waals surface area (Å²) in [7, 11) is 0. The number of primary amides is 1. The second-order valence-corrected chi connectivity index (χ2v) is 7.26. The minimum Gasteiger partial charge on any atom is -0.368 e. The Labute approximate surface area is 162 Å². The fourth-order valence-corrected chi connectivity index (χ4v) is 4.01. The molecule has 142 valence electrons. The van der Waals surface area contributed by atoms with Gasteiger partial charge in [-0.05, 0) is 71.5 Å². The Hall–Kier alpha value is -3.21. The van der Waals surface area contributed by atoms with Crippen LogP contribution in [0.25, 0.3) is 21.9 Å². The third-order valence-electron chi connectivity index (χ3n) is 5.46. The molecule has 1 fully saturated rings. The monoisotopic (exact) mass is 376 g/mol. The topological polar surface area (TPSA) is 63.4 Å². The molecule has 4 rings (SSSR count). The predicted octanol–water partition coefficient (Wildman–Crippen LogP) is 4.04. The first-order valence-electron chi connectivity index (χ1n) is 9.35. The van der Waals surface area contributed by atoms with Gasteiger partial charge in [-0.15, -0.1) is 0 Å². The molecule has 0 radical (unpaired) electrons. The Morgan fingerprint density at radius 1 is 1.07 bits per heavy atom. The molecule has 0 saturated carbocycles. The number of nitrogens with zero attached hydrogens (tertiary/aromatic N) is 1. The standard InChI is InChI=1S/C23H21FN2O2/c1-14-7-9-17(24)13-20(14)19-5-2-4-15-12-16(8-10-18(15)19)23(28)26-11-3-6-21(26)22(25)27/h2,4-5,7-10,12-13,21H,3,6,11H2,1H3,(H2,25,27)/t21-/m1/s1. The number of likely N-dealkylation sites (tertiary alicyclic amines) is 1. The molecule has 2 N–H and O–H groups in total. The summed E-state index contributed by atoms with van der Waals surface area (Å²) in [5, 5.41) is 1.84. The van der Waals surface area contributed by atoms with Crippen LogP contribution < -0.4 is 5.73 Å². The second-order valence-electron chi connectivity index (χ2n) is 7.26. The number of carbonyl (C=O) groups is 2. The summed E-state index contributed by atoms with van der Waals surface area (Å²) < 4.78 is 13.8. The molecule has 1 atom stereocenters. The lowest BCUT2D eigenvalue weighted by Gasteiger charge is -2.22. The van der Waals surface area contributed by atoms with Crippen molar-refractivity contribution >= 4 is 22.6 Å². The largest absolute Gasteiger partial charge is 0.368 e. The Bertz CT molecular complexity index is 1090. The Morgan fingerprint density at radius 3 is 2.68 bits per heavy atom. The molecule has 3 aromatic rings. The van der Waals surface area contributed by atoms with Gasteiger partial charge in [0.2, 0.25) is 5.91 Å². The van der Waals surface area contributed by atoms with E-state index in [0.717, 1.165) is 33.9 Å². The minimum absolute atomic E-state index is 0.185. The van der Waals surface area contributed by atoms with Gasteiger partial charge in [-0.3, -0.25) is 9.59 Å². The van der Waals surface area contributed by atoms with Gasteiger partial charge in [-0.2, -0.15) is 0 Å². The molecule has 4 nitrogen and oxygen atoms in total. The molecular formula is C23H21FN2O2. The third-order valence-corrected chi connectivity index (χ3v) is 5.46. The fraction of sp³-hybridized carbons (Fsp3) is 0.217.